The van der Waals surface area contributed by atoms with Crippen molar-refractivity contribution >= 4 is 12.2 Å². The third kappa shape index (κ3) is 2.14. The molecule has 0 aromatic carbocycles. The van der Waals surface area contributed by atoms with Crippen molar-refractivity contribution in [3.05, 3.63) is 22.2 Å². The van der Waals surface area contributed by atoms with Crippen molar-refractivity contribution < 1.29 is 4.74 Å². The molecule has 4 heteroatoms. The van der Waals surface area contributed by atoms with E-state index >= 15 is 0 Å². The lowest BCUT2D eigenvalue weighted by atomic mass is 10.3. The largest absolute Gasteiger partial charge is 0.377 e. The molecule has 0 aliphatic heterocycles. The van der Waals surface area contributed by atoms with Gasteiger partial charge in [-0.25, -0.2) is 4.98 Å². The molecule has 13 heavy (non-hydrogen) atoms. The maximum absolute atomic E-state index is 5.06. The van der Waals surface area contributed by atoms with Crippen LogP contribution in [0.4, 0.5) is 0 Å². The summed E-state index contributed by atoms with van der Waals surface area (Å²) >= 11 is 5.06. The Kier molecular flexibility index (Phi) is 2.42. The molecule has 3 nitrogen and oxygen atoms in total. The Bertz CT molecular complexity index is 357. The van der Waals surface area contributed by atoms with Crippen molar-refractivity contribution in [2.75, 3.05) is 7.11 Å². The molecular weight excluding hydrogens is 184 g/mol. The molecule has 0 amide bonds. The molecule has 1 aliphatic carbocycles. The maximum Gasteiger partial charge on any atom is 0.133 e. The van der Waals surface area contributed by atoms with Gasteiger partial charge in [-0.15, -0.1) is 0 Å². The maximum atomic E-state index is 5.06. The van der Waals surface area contributed by atoms with Crippen LogP contribution in [0, 0.1) is 4.64 Å². The van der Waals surface area contributed by atoms with Crippen LogP contribution in [0.15, 0.2) is 6.07 Å². The summed E-state index contributed by atoms with van der Waals surface area (Å²) in [7, 11) is 1.66. The summed E-state index contributed by atoms with van der Waals surface area (Å²) in [6.07, 6.45) is 2.53. The van der Waals surface area contributed by atoms with Crippen molar-refractivity contribution in [3.8, 4) is 0 Å². The smallest absolute Gasteiger partial charge is 0.133 e. The van der Waals surface area contributed by atoms with Crippen LogP contribution >= 0.6 is 12.2 Å². The average molecular weight is 196 g/mol. The zero-order valence-corrected chi connectivity index (χ0v) is 8.36. The highest BCUT2D eigenvalue weighted by Crippen LogP contribution is 2.38. The molecule has 70 valence electrons. The third-order valence-electron chi connectivity index (χ3n) is 2.11. The Labute approximate surface area is 82.2 Å². The number of nitrogens with one attached hydrogen (secondary N) is 1. The summed E-state index contributed by atoms with van der Waals surface area (Å²) in [5, 5.41) is 0. The number of methoxy groups -OCH3 is 1. The molecular formula is C9H12N2OS. The number of hydrogen-bond donors (Lipinski definition) is 1. The SMILES string of the molecule is COCc1nc(=S)cc(C2CC2)[nH]1. The van der Waals surface area contributed by atoms with Crippen LogP contribution < -0.4 is 0 Å². The molecule has 0 spiro atoms. The molecule has 1 aromatic heterocycles. The van der Waals surface area contributed by atoms with Crippen LogP contribution in [0.25, 0.3) is 0 Å². The van der Waals surface area contributed by atoms with E-state index in [1.54, 1.807) is 7.11 Å². The molecule has 1 fully saturated rings. The van der Waals surface area contributed by atoms with E-state index in [1.165, 1.54) is 18.5 Å². The third-order valence-corrected chi connectivity index (χ3v) is 2.32. The van der Waals surface area contributed by atoms with Gasteiger partial charge < -0.3 is 9.72 Å². The normalized spacial score (nSPS) is 16.1. The molecule has 1 saturated carbocycles. The fourth-order valence-corrected chi connectivity index (χ4v) is 1.59. The molecule has 1 N–H and O–H groups in total. The minimum atomic E-state index is 0.504. The van der Waals surface area contributed by atoms with Gasteiger partial charge in [0.2, 0.25) is 0 Å². The highest BCUT2D eigenvalue weighted by Gasteiger charge is 2.24. The fraction of sp³-hybridized carbons (Fsp3) is 0.556. The minimum Gasteiger partial charge on any atom is -0.377 e. The Morgan fingerprint density at radius 2 is 2.46 bits per heavy atom. The van der Waals surface area contributed by atoms with Crippen molar-refractivity contribution in [3.63, 3.8) is 0 Å². The summed E-state index contributed by atoms with van der Waals surface area (Å²) in [5.74, 6) is 1.51. The van der Waals surface area contributed by atoms with Gasteiger partial charge in [0.05, 0.1) is 0 Å². The summed E-state index contributed by atoms with van der Waals surface area (Å²) < 4.78 is 5.66. The number of aromatic nitrogens is 2. The van der Waals surface area contributed by atoms with E-state index in [0.29, 0.717) is 17.2 Å². The Hall–Kier alpha value is -0.740. The molecule has 1 aliphatic rings. The minimum absolute atomic E-state index is 0.504. The van der Waals surface area contributed by atoms with Crippen molar-refractivity contribution in [2.45, 2.75) is 25.4 Å². The van der Waals surface area contributed by atoms with Crippen LogP contribution in [0.2, 0.25) is 0 Å². The molecule has 0 saturated heterocycles. The van der Waals surface area contributed by atoms with E-state index in [0.717, 1.165) is 5.82 Å². The number of nitrogens with zero attached hydrogens (tertiary/aromatic N) is 1. The van der Waals surface area contributed by atoms with E-state index in [4.69, 9.17) is 17.0 Å². The first-order chi connectivity index (χ1) is 6.29. The van der Waals surface area contributed by atoms with Gasteiger partial charge in [0, 0.05) is 12.8 Å². The number of ether oxygens (including phenoxy) is 1. The zero-order valence-electron chi connectivity index (χ0n) is 7.54. The predicted molar refractivity (Wildman–Crippen MR) is 52.1 cm³/mol. The Morgan fingerprint density at radius 1 is 1.69 bits per heavy atom. The second kappa shape index (κ2) is 3.55. The van der Waals surface area contributed by atoms with Gasteiger partial charge in [0.15, 0.2) is 0 Å². The van der Waals surface area contributed by atoms with Gasteiger partial charge in [-0.05, 0) is 24.8 Å². The van der Waals surface area contributed by atoms with E-state index in [-0.39, 0.29) is 0 Å². The molecule has 2 rings (SSSR count). The van der Waals surface area contributed by atoms with E-state index < -0.39 is 0 Å². The summed E-state index contributed by atoms with van der Waals surface area (Å²) in [4.78, 5) is 7.41. The standard InChI is InChI=1S/C9H12N2OS/c1-12-5-8-10-7(6-2-3-6)4-9(13)11-8/h4,6H,2-3,5H2,1H3,(H,10,11,13). The fourth-order valence-electron chi connectivity index (χ4n) is 1.35. The summed E-state index contributed by atoms with van der Waals surface area (Å²) in [6, 6.07) is 1.95. The lowest BCUT2D eigenvalue weighted by Gasteiger charge is -2.03. The van der Waals surface area contributed by atoms with Gasteiger partial charge in [0.25, 0.3) is 0 Å². The molecule has 0 radical (unpaired) electrons. The second-order valence-corrected chi connectivity index (χ2v) is 3.75. The van der Waals surface area contributed by atoms with Crippen molar-refractivity contribution in [2.24, 2.45) is 0 Å². The average Bonchev–Trinajstić information content (AvgIpc) is 2.85. The lowest BCUT2D eigenvalue weighted by Crippen LogP contribution is -2.00. The van der Waals surface area contributed by atoms with Crippen LogP contribution in [-0.4, -0.2) is 17.1 Å². The van der Waals surface area contributed by atoms with Gasteiger partial charge in [-0.2, -0.15) is 0 Å². The number of H-pyrrole nitrogens is 1. The van der Waals surface area contributed by atoms with E-state index in [9.17, 15) is 0 Å². The van der Waals surface area contributed by atoms with Crippen molar-refractivity contribution in [1.82, 2.24) is 9.97 Å². The topological polar surface area (TPSA) is 37.9 Å². The summed E-state index contributed by atoms with van der Waals surface area (Å²) in [5.41, 5.74) is 1.21. The Morgan fingerprint density at radius 3 is 3.08 bits per heavy atom. The zero-order chi connectivity index (χ0) is 9.26. The first-order valence-corrected chi connectivity index (χ1v) is 4.79. The first kappa shape index (κ1) is 8.84. The highest BCUT2D eigenvalue weighted by atomic mass is 32.1. The van der Waals surface area contributed by atoms with Gasteiger partial charge in [-0.1, -0.05) is 12.2 Å². The van der Waals surface area contributed by atoms with Crippen molar-refractivity contribution in [1.29, 1.82) is 0 Å². The molecule has 0 atom stereocenters. The Balaban J connectivity index is 2.30. The van der Waals surface area contributed by atoms with E-state index in [2.05, 4.69) is 9.97 Å². The molecule has 0 unspecified atom stereocenters. The molecule has 0 bridgehead atoms. The lowest BCUT2D eigenvalue weighted by molar-refractivity contribution is 0.177. The summed E-state index contributed by atoms with van der Waals surface area (Å²) in [6.45, 7) is 0.504. The van der Waals surface area contributed by atoms with Crippen LogP contribution in [0.3, 0.4) is 0 Å². The first-order valence-electron chi connectivity index (χ1n) is 4.38. The quantitative estimate of drug-likeness (QED) is 0.753. The molecule has 1 aromatic rings. The number of hydrogen-bond acceptors (Lipinski definition) is 3. The molecule has 1 heterocycles. The second-order valence-electron chi connectivity index (χ2n) is 3.33. The van der Waals surface area contributed by atoms with Gasteiger partial charge in [-0.3, -0.25) is 0 Å². The van der Waals surface area contributed by atoms with Gasteiger partial charge >= 0.3 is 0 Å². The number of aromatic amines is 1. The van der Waals surface area contributed by atoms with Crippen LogP contribution in [-0.2, 0) is 11.3 Å². The predicted octanol–water partition coefficient (Wildman–Crippen LogP) is 2.16. The van der Waals surface area contributed by atoms with Gasteiger partial charge in [0.1, 0.15) is 17.1 Å². The van der Waals surface area contributed by atoms with Crippen LogP contribution in [0.1, 0.15) is 30.3 Å². The van der Waals surface area contributed by atoms with E-state index in [1.807, 2.05) is 6.07 Å². The van der Waals surface area contributed by atoms with Crippen LogP contribution in [0.5, 0.6) is 0 Å². The number of rotatable bonds is 3. The highest BCUT2D eigenvalue weighted by molar-refractivity contribution is 7.71. The monoisotopic (exact) mass is 196 g/mol.